The zero-order valence-corrected chi connectivity index (χ0v) is 10.7. The lowest BCUT2D eigenvalue weighted by atomic mass is 9.86. The monoisotopic (exact) mass is 223 g/mol. The third-order valence-corrected chi connectivity index (χ3v) is 2.79. The first kappa shape index (κ1) is 13.0. The fourth-order valence-corrected chi connectivity index (χ4v) is 1.37. The van der Waals surface area contributed by atoms with Crippen molar-refractivity contribution in [1.82, 2.24) is 4.98 Å². The predicted octanol–water partition coefficient (Wildman–Crippen LogP) is 2.73. The van der Waals surface area contributed by atoms with E-state index < -0.39 is 5.60 Å². The van der Waals surface area contributed by atoms with Gasteiger partial charge in [0.05, 0.1) is 17.9 Å². The molecule has 0 saturated heterocycles. The highest BCUT2D eigenvalue weighted by molar-refractivity contribution is 5.28. The van der Waals surface area contributed by atoms with Crippen molar-refractivity contribution >= 4 is 0 Å². The van der Waals surface area contributed by atoms with Crippen LogP contribution in [0.2, 0.25) is 0 Å². The van der Waals surface area contributed by atoms with E-state index in [-0.39, 0.29) is 12.0 Å². The molecule has 1 N–H and O–H groups in total. The van der Waals surface area contributed by atoms with Gasteiger partial charge < -0.3 is 9.84 Å². The Labute approximate surface area is 97.5 Å². The summed E-state index contributed by atoms with van der Waals surface area (Å²) in [4.78, 5) is 4.10. The van der Waals surface area contributed by atoms with E-state index >= 15 is 0 Å². The first-order valence-electron chi connectivity index (χ1n) is 5.68. The highest BCUT2D eigenvalue weighted by Crippen LogP contribution is 2.30. The van der Waals surface area contributed by atoms with E-state index in [9.17, 15) is 5.11 Å². The van der Waals surface area contributed by atoms with E-state index in [0.29, 0.717) is 5.75 Å². The van der Waals surface area contributed by atoms with Crippen LogP contribution in [0.25, 0.3) is 0 Å². The topological polar surface area (TPSA) is 42.4 Å². The van der Waals surface area contributed by atoms with Crippen LogP contribution >= 0.6 is 0 Å². The number of hydrogen-bond acceptors (Lipinski definition) is 3. The standard InChI is InChI=1S/C13H21NO2/c1-9(2)13(5,15)11-6-12(8-14-7-11)16-10(3)4/h6-10,15H,1-5H3. The molecule has 0 aromatic carbocycles. The summed E-state index contributed by atoms with van der Waals surface area (Å²) in [5, 5.41) is 10.3. The molecule has 16 heavy (non-hydrogen) atoms. The van der Waals surface area contributed by atoms with Crippen molar-refractivity contribution in [3.8, 4) is 5.75 Å². The van der Waals surface area contributed by atoms with E-state index in [1.807, 2.05) is 33.8 Å². The zero-order chi connectivity index (χ0) is 12.3. The Bertz CT molecular complexity index is 346. The fourth-order valence-electron chi connectivity index (χ4n) is 1.37. The van der Waals surface area contributed by atoms with Crippen molar-refractivity contribution in [3.63, 3.8) is 0 Å². The average molecular weight is 223 g/mol. The van der Waals surface area contributed by atoms with Crippen LogP contribution in [0.4, 0.5) is 0 Å². The number of aliphatic hydroxyl groups is 1. The van der Waals surface area contributed by atoms with Crippen molar-refractivity contribution in [2.45, 2.75) is 46.3 Å². The van der Waals surface area contributed by atoms with Crippen molar-refractivity contribution in [3.05, 3.63) is 24.0 Å². The molecule has 90 valence electrons. The first-order chi connectivity index (χ1) is 7.34. The fraction of sp³-hybridized carbons (Fsp3) is 0.615. The van der Waals surface area contributed by atoms with Gasteiger partial charge in [0, 0.05) is 11.8 Å². The van der Waals surface area contributed by atoms with Gasteiger partial charge in [-0.3, -0.25) is 4.98 Å². The Hall–Kier alpha value is -1.09. The van der Waals surface area contributed by atoms with Gasteiger partial charge in [-0.1, -0.05) is 13.8 Å². The number of pyridine rings is 1. The normalized spacial score (nSPS) is 15.2. The van der Waals surface area contributed by atoms with Gasteiger partial charge in [-0.15, -0.1) is 0 Å². The molecular weight excluding hydrogens is 202 g/mol. The average Bonchev–Trinajstić information content (AvgIpc) is 2.16. The quantitative estimate of drug-likeness (QED) is 0.853. The summed E-state index contributed by atoms with van der Waals surface area (Å²) in [7, 11) is 0. The zero-order valence-electron chi connectivity index (χ0n) is 10.7. The lowest BCUT2D eigenvalue weighted by Crippen LogP contribution is -2.28. The van der Waals surface area contributed by atoms with E-state index in [0.717, 1.165) is 5.56 Å². The van der Waals surface area contributed by atoms with Crippen LogP contribution < -0.4 is 4.74 Å². The molecule has 1 atom stereocenters. The molecule has 3 nitrogen and oxygen atoms in total. The first-order valence-corrected chi connectivity index (χ1v) is 5.68. The number of rotatable bonds is 4. The minimum atomic E-state index is -0.872. The van der Waals surface area contributed by atoms with Gasteiger partial charge in [0.2, 0.25) is 0 Å². The summed E-state index contributed by atoms with van der Waals surface area (Å²) in [6, 6.07) is 1.85. The molecular formula is C13H21NO2. The molecule has 0 aliphatic carbocycles. The molecule has 0 aliphatic rings. The molecule has 1 aromatic rings. The Morgan fingerprint density at radius 1 is 1.25 bits per heavy atom. The van der Waals surface area contributed by atoms with Crippen LogP contribution in [0.5, 0.6) is 5.75 Å². The summed E-state index contributed by atoms with van der Waals surface area (Å²) in [6.45, 7) is 9.69. The molecule has 0 fully saturated rings. The Morgan fingerprint density at radius 2 is 1.88 bits per heavy atom. The smallest absolute Gasteiger partial charge is 0.138 e. The van der Waals surface area contributed by atoms with Gasteiger partial charge in [-0.05, 0) is 32.8 Å². The SMILES string of the molecule is CC(C)Oc1cncc(C(C)(O)C(C)C)c1. The molecule has 0 aliphatic heterocycles. The largest absolute Gasteiger partial charge is 0.489 e. The van der Waals surface area contributed by atoms with Crippen molar-refractivity contribution in [2.24, 2.45) is 5.92 Å². The van der Waals surface area contributed by atoms with E-state index in [4.69, 9.17) is 4.74 Å². The molecule has 0 saturated carbocycles. The summed E-state index contributed by atoms with van der Waals surface area (Å²) in [5.41, 5.74) is -0.0794. The summed E-state index contributed by atoms with van der Waals surface area (Å²) in [5.74, 6) is 0.831. The second-order valence-corrected chi connectivity index (χ2v) is 4.88. The van der Waals surface area contributed by atoms with Crippen molar-refractivity contribution in [1.29, 1.82) is 0 Å². The van der Waals surface area contributed by atoms with Crippen molar-refractivity contribution < 1.29 is 9.84 Å². The molecule has 1 rings (SSSR count). The number of ether oxygens (including phenoxy) is 1. The lowest BCUT2D eigenvalue weighted by Gasteiger charge is -2.28. The highest BCUT2D eigenvalue weighted by atomic mass is 16.5. The van der Waals surface area contributed by atoms with Gasteiger partial charge in [-0.2, -0.15) is 0 Å². The minimum Gasteiger partial charge on any atom is -0.489 e. The molecule has 1 aromatic heterocycles. The van der Waals surface area contributed by atoms with Crippen LogP contribution in [0.15, 0.2) is 18.5 Å². The third-order valence-electron chi connectivity index (χ3n) is 2.79. The summed E-state index contributed by atoms with van der Waals surface area (Å²) >= 11 is 0. The van der Waals surface area contributed by atoms with Gasteiger partial charge in [0.15, 0.2) is 0 Å². The molecule has 0 radical (unpaired) electrons. The molecule has 1 heterocycles. The maximum Gasteiger partial charge on any atom is 0.138 e. The molecule has 0 amide bonds. The van der Waals surface area contributed by atoms with Gasteiger partial charge in [-0.25, -0.2) is 0 Å². The Balaban J connectivity index is 2.98. The predicted molar refractivity (Wildman–Crippen MR) is 64.4 cm³/mol. The van der Waals surface area contributed by atoms with Gasteiger partial charge in [0.25, 0.3) is 0 Å². The second-order valence-electron chi connectivity index (χ2n) is 4.88. The Kier molecular flexibility index (Phi) is 3.92. The maximum absolute atomic E-state index is 10.3. The molecule has 0 bridgehead atoms. The van der Waals surface area contributed by atoms with Crippen molar-refractivity contribution in [2.75, 3.05) is 0 Å². The Morgan fingerprint density at radius 3 is 2.38 bits per heavy atom. The number of nitrogens with zero attached hydrogens (tertiary/aromatic N) is 1. The molecule has 0 spiro atoms. The van der Waals surface area contributed by atoms with Crippen LogP contribution in [0.1, 0.15) is 40.2 Å². The van der Waals surface area contributed by atoms with Gasteiger partial charge in [0.1, 0.15) is 5.75 Å². The lowest BCUT2D eigenvalue weighted by molar-refractivity contribution is 0.00842. The maximum atomic E-state index is 10.3. The van der Waals surface area contributed by atoms with E-state index in [1.54, 1.807) is 19.3 Å². The minimum absolute atomic E-state index is 0.112. The second kappa shape index (κ2) is 4.83. The van der Waals surface area contributed by atoms with Crippen LogP contribution in [-0.2, 0) is 5.60 Å². The number of hydrogen-bond donors (Lipinski definition) is 1. The highest BCUT2D eigenvalue weighted by Gasteiger charge is 2.27. The third kappa shape index (κ3) is 2.95. The van der Waals surface area contributed by atoms with Crippen LogP contribution in [0, 0.1) is 5.92 Å². The van der Waals surface area contributed by atoms with Gasteiger partial charge >= 0.3 is 0 Å². The molecule has 1 unspecified atom stereocenters. The van der Waals surface area contributed by atoms with Crippen LogP contribution in [0.3, 0.4) is 0 Å². The van der Waals surface area contributed by atoms with E-state index in [1.165, 1.54) is 0 Å². The summed E-state index contributed by atoms with van der Waals surface area (Å²) < 4.78 is 5.56. The van der Waals surface area contributed by atoms with Crippen LogP contribution in [-0.4, -0.2) is 16.2 Å². The van der Waals surface area contributed by atoms with E-state index in [2.05, 4.69) is 4.98 Å². The summed E-state index contributed by atoms with van der Waals surface area (Å²) in [6.07, 6.45) is 3.47. The number of aromatic nitrogens is 1. The molecule has 3 heteroatoms.